The number of hydrogen-bond acceptors (Lipinski definition) is 3. The third-order valence-corrected chi connectivity index (χ3v) is 3.54. The zero-order chi connectivity index (χ0) is 15.1. The van der Waals surface area contributed by atoms with Crippen LogP contribution in [0.2, 0.25) is 0 Å². The summed E-state index contributed by atoms with van der Waals surface area (Å²) < 4.78 is 5.30. The first kappa shape index (κ1) is 15.4. The summed E-state index contributed by atoms with van der Waals surface area (Å²) in [6.07, 6.45) is 0.984. The van der Waals surface area contributed by atoms with Crippen molar-refractivity contribution in [2.24, 2.45) is 5.73 Å². The predicted molar refractivity (Wildman–Crippen MR) is 88.9 cm³/mol. The number of ether oxygens (including phenoxy) is 1. The van der Waals surface area contributed by atoms with Gasteiger partial charge >= 0.3 is 0 Å². The molecule has 0 heterocycles. The second-order valence-electron chi connectivity index (χ2n) is 5.25. The molecule has 3 nitrogen and oxygen atoms in total. The zero-order valence-electron chi connectivity index (χ0n) is 12.9. The molecule has 0 radical (unpaired) electrons. The molecule has 0 aliphatic carbocycles. The maximum Gasteiger partial charge on any atom is 0.119 e. The van der Waals surface area contributed by atoms with E-state index in [1.54, 1.807) is 7.11 Å². The Morgan fingerprint density at radius 2 is 1.86 bits per heavy atom. The highest BCUT2D eigenvalue weighted by Crippen LogP contribution is 2.20. The maximum atomic E-state index is 5.67. The fourth-order valence-electron chi connectivity index (χ4n) is 2.33. The van der Waals surface area contributed by atoms with E-state index in [1.165, 1.54) is 16.8 Å². The molecule has 2 rings (SSSR count). The largest absolute Gasteiger partial charge is 0.497 e. The Bertz CT molecular complexity index is 551. The van der Waals surface area contributed by atoms with Crippen molar-refractivity contribution in [1.29, 1.82) is 0 Å². The molecule has 0 amide bonds. The molecule has 0 saturated carbocycles. The number of methoxy groups -OCH3 is 1. The standard InChI is InChI=1S/C18H24N2O/c1-15-7-9-17(10-8-15)20(12-4-11-19)14-16-5-3-6-18(13-16)21-2/h3,5-10,13H,4,11-12,14,19H2,1-2H3. The van der Waals surface area contributed by atoms with E-state index in [1.807, 2.05) is 12.1 Å². The average molecular weight is 284 g/mol. The first-order valence-corrected chi connectivity index (χ1v) is 7.37. The van der Waals surface area contributed by atoms with Gasteiger partial charge in [-0.1, -0.05) is 29.8 Å². The van der Waals surface area contributed by atoms with Gasteiger partial charge in [0.15, 0.2) is 0 Å². The van der Waals surface area contributed by atoms with Crippen LogP contribution < -0.4 is 15.4 Å². The topological polar surface area (TPSA) is 38.5 Å². The molecule has 0 saturated heterocycles. The van der Waals surface area contributed by atoms with E-state index in [0.29, 0.717) is 6.54 Å². The Morgan fingerprint density at radius 1 is 1.10 bits per heavy atom. The molecule has 2 N–H and O–H groups in total. The molecule has 112 valence electrons. The van der Waals surface area contributed by atoms with Gasteiger partial charge in [0.25, 0.3) is 0 Å². The Balaban J connectivity index is 2.17. The Labute approximate surface area is 127 Å². The zero-order valence-corrected chi connectivity index (χ0v) is 12.9. The Kier molecular flexibility index (Phi) is 5.64. The number of rotatable bonds is 7. The molecule has 21 heavy (non-hydrogen) atoms. The second kappa shape index (κ2) is 7.70. The lowest BCUT2D eigenvalue weighted by atomic mass is 10.1. The SMILES string of the molecule is COc1cccc(CN(CCCN)c2ccc(C)cc2)c1. The summed E-state index contributed by atoms with van der Waals surface area (Å²) >= 11 is 0. The van der Waals surface area contributed by atoms with Crippen LogP contribution in [0.25, 0.3) is 0 Å². The third kappa shape index (κ3) is 4.50. The molecule has 0 spiro atoms. The van der Waals surface area contributed by atoms with Crippen LogP contribution in [-0.4, -0.2) is 20.2 Å². The predicted octanol–water partition coefficient (Wildman–Crippen LogP) is 3.36. The molecule has 0 fully saturated rings. The van der Waals surface area contributed by atoms with Crippen molar-refractivity contribution in [3.63, 3.8) is 0 Å². The van der Waals surface area contributed by atoms with Gasteiger partial charge in [-0.15, -0.1) is 0 Å². The Hall–Kier alpha value is -2.00. The minimum atomic E-state index is 0.709. The van der Waals surface area contributed by atoms with Crippen molar-refractivity contribution >= 4 is 5.69 Å². The third-order valence-electron chi connectivity index (χ3n) is 3.54. The Morgan fingerprint density at radius 3 is 2.52 bits per heavy atom. The maximum absolute atomic E-state index is 5.67. The van der Waals surface area contributed by atoms with Crippen LogP contribution in [-0.2, 0) is 6.54 Å². The fourth-order valence-corrected chi connectivity index (χ4v) is 2.33. The molecule has 0 unspecified atom stereocenters. The highest BCUT2D eigenvalue weighted by atomic mass is 16.5. The molecule has 0 atom stereocenters. The first-order chi connectivity index (χ1) is 10.2. The van der Waals surface area contributed by atoms with Gasteiger partial charge in [0.2, 0.25) is 0 Å². The molecule has 2 aromatic rings. The lowest BCUT2D eigenvalue weighted by molar-refractivity contribution is 0.414. The normalized spacial score (nSPS) is 10.4. The molecule has 0 aliphatic heterocycles. The van der Waals surface area contributed by atoms with Crippen LogP contribution in [0.5, 0.6) is 5.75 Å². The van der Waals surface area contributed by atoms with Gasteiger partial charge in [0.05, 0.1) is 7.11 Å². The fraction of sp³-hybridized carbons (Fsp3) is 0.333. The van der Waals surface area contributed by atoms with Crippen LogP contribution >= 0.6 is 0 Å². The van der Waals surface area contributed by atoms with Crippen LogP contribution in [0.15, 0.2) is 48.5 Å². The number of hydrogen-bond donors (Lipinski definition) is 1. The summed E-state index contributed by atoms with van der Waals surface area (Å²) in [5, 5.41) is 0. The minimum Gasteiger partial charge on any atom is -0.497 e. The van der Waals surface area contributed by atoms with Gasteiger partial charge in [0.1, 0.15) is 5.75 Å². The van der Waals surface area contributed by atoms with Crippen molar-refractivity contribution in [3.05, 3.63) is 59.7 Å². The first-order valence-electron chi connectivity index (χ1n) is 7.37. The molecule has 2 aromatic carbocycles. The number of nitrogens with zero attached hydrogens (tertiary/aromatic N) is 1. The van der Waals surface area contributed by atoms with E-state index in [2.05, 4.69) is 48.2 Å². The van der Waals surface area contributed by atoms with Crippen LogP contribution in [0.4, 0.5) is 5.69 Å². The summed E-state index contributed by atoms with van der Waals surface area (Å²) in [5.41, 5.74) is 9.42. The molecule has 3 heteroatoms. The number of aryl methyl sites for hydroxylation is 1. The quantitative estimate of drug-likeness (QED) is 0.847. The van der Waals surface area contributed by atoms with Crippen molar-refractivity contribution in [1.82, 2.24) is 0 Å². The molecule has 0 aliphatic rings. The van der Waals surface area contributed by atoms with Crippen molar-refractivity contribution < 1.29 is 4.74 Å². The van der Waals surface area contributed by atoms with Gasteiger partial charge in [-0.25, -0.2) is 0 Å². The summed E-state index contributed by atoms with van der Waals surface area (Å²) in [6, 6.07) is 16.9. The van der Waals surface area contributed by atoms with E-state index in [0.717, 1.165) is 25.3 Å². The van der Waals surface area contributed by atoms with E-state index in [-0.39, 0.29) is 0 Å². The van der Waals surface area contributed by atoms with Crippen molar-refractivity contribution in [2.45, 2.75) is 19.9 Å². The smallest absolute Gasteiger partial charge is 0.119 e. The number of benzene rings is 2. The van der Waals surface area contributed by atoms with Gasteiger partial charge < -0.3 is 15.4 Å². The minimum absolute atomic E-state index is 0.709. The van der Waals surface area contributed by atoms with Crippen molar-refractivity contribution in [3.8, 4) is 5.75 Å². The summed E-state index contributed by atoms with van der Waals surface area (Å²) in [4.78, 5) is 2.36. The highest BCUT2D eigenvalue weighted by Gasteiger charge is 2.07. The molecular formula is C18H24N2O. The second-order valence-corrected chi connectivity index (χ2v) is 5.25. The summed E-state index contributed by atoms with van der Waals surface area (Å²) in [5.74, 6) is 0.898. The highest BCUT2D eigenvalue weighted by molar-refractivity contribution is 5.48. The summed E-state index contributed by atoms with van der Waals surface area (Å²) in [6.45, 7) is 4.63. The number of anilines is 1. The lowest BCUT2D eigenvalue weighted by Gasteiger charge is -2.25. The van der Waals surface area contributed by atoms with E-state index in [9.17, 15) is 0 Å². The van der Waals surface area contributed by atoms with Gasteiger partial charge in [-0.05, 0) is 49.7 Å². The van der Waals surface area contributed by atoms with E-state index < -0.39 is 0 Å². The lowest BCUT2D eigenvalue weighted by Crippen LogP contribution is -2.25. The van der Waals surface area contributed by atoms with Gasteiger partial charge in [0, 0.05) is 18.8 Å². The van der Waals surface area contributed by atoms with Gasteiger partial charge in [-0.2, -0.15) is 0 Å². The number of nitrogens with two attached hydrogens (primary N) is 1. The van der Waals surface area contributed by atoms with E-state index >= 15 is 0 Å². The monoisotopic (exact) mass is 284 g/mol. The van der Waals surface area contributed by atoms with Crippen molar-refractivity contribution in [2.75, 3.05) is 25.1 Å². The summed E-state index contributed by atoms with van der Waals surface area (Å²) in [7, 11) is 1.70. The molecule has 0 aromatic heterocycles. The van der Waals surface area contributed by atoms with Crippen LogP contribution in [0, 0.1) is 6.92 Å². The van der Waals surface area contributed by atoms with E-state index in [4.69, 9.17) is 10.5 Å². The average Bonchev–Trinajstić information content (AvgIpc) is 2.52. The van der Waals surface area contributed by atoms with Crippen LogP contribution in [0.3, 0.4) is 0 Å². The van der Waals surface area contributed by atoms with Gasteiger partial charge in [-0.3, -0.25) is 0 Å². The molecule has 0 bridgehead atoms. The molecular weight excluding hydrogens is 260 g/mol. The van der Waals surface area contributed by atoms with Crippen LogP contribution in [0.1, 0.15) is 17.5 Å².